The molecule has 1 heterocycles. The molecule has 2 rings (SSSR count). The van der Waals surface area contributed by atoms with E-state index in [2.05, 4.69) is 27.2 Å². The van der Waals surface area contributed by atoms with Gasteiger partial charge in [-0.15, -0.1) is 5.10 Å². The Kier molecular flexibility index (Phi) is 3.96. The molecule has 0 atom stereocenters. The zero-order chi connectivity index (χ0) is 13.0. The summed E-state index contributed by atoms with van der Waals surface area (Å²) >= 11 is 0. The largest absolute Gasteiger partial charge is 0.409 e. The number of nitrogens with zero attached hydrogens (tertiary/aromatic N) is 4. The van der Waals surface area contributed by atoms with Crippen LogP contribution in [0.15, 0.2) is 17.4 Å². The lowest BCUT2D eigenvalue weighted by atomic mass is 9.85. The van der Waals surface area contributed by atoms with Crippen LogP contribution in [0.4, 0.5) is 5.82 Å². The van der Waals surface area contributed by atoms with Crippen molar-refractivity contribution in [2.75, 3.05) is 18.0 Å². The van der Waals surface area contributed by atoms with Crippen molar-refractivity contribution in [3.05, 3.63) is 17.8 Å². The number of anilines is 1. The highest BCUT2D eigenvalue weighted by atomic mass is 16.4. The van der Waals surface area contributed by atoms with Crippen LogP contribution in [-0.4, -0.2) is 34.3 Å². The highest BCUT2D eigenvalue weighted by Gasteiger charge is 2.23. The molecule has 0 aromatic carbocycles. The molecular weight excluding hydrogens is 230 g/mol. The fraction of sp³-hybridized carbons (Fsp3) is 0.583. The van der Waals surface area contributed by atoms with Crippen molar-refractivity contribution in [3.63, 3.8) is 0 Å². The first-order valence-corrected chi connectivity index (χ1v) is 6.30. The lowest BCUT2D eigenvalue weighted by Gasteiger charge is -2.32. The van der Waals surface area contributed by atoms with Crippen LogP contribution in [0.1, 0.15) is 31.7 Å². The fourth-order valence-electron chi connectivity index (χ4n) is 2.16. The lowest BCUT2D eigenvalue weighted by molar-refractivity contribution is 0.317. The number of amidine groups is 1. The van der Waals surface area contributed by atoms with Crippen LogP contribution in [0.3, 0.4) is 0 Å². The van der Waals surface area contributed by atoms with E-state index in [0.29, 0.717) is 11.4 Å². The molecule has 0 unspecified atom stereocenters. The van der Waals surface area contributed by atoms with Crippen molar-refractivity contribution in [1.82, 2.24) is 10.2 Å². The third-order valence-electron chi connectivity index (χ3n) is 3.47. The van der Waals surface area contributed by atoms with Crippen molar-refractivity contribution in [1.29, 1.82) is 0 Å². The standard InChI is InChI=1S/C12H19N5O/c1-2-17(8-9-4-3-5-9)12-10(11(13)16-18)6-7-14-15-12/h6-7,9,18H,2-5,8H2,1H3,(H2,13,16). The summed E-state index contributed by atoms with van der Waals surface area (Å²) in [6, 6.07) is 1.72. The van der Waals surface area contributed by atoms with Gasteiger partial charge in [0, 0.05) is 13.1 Å². The van der Waals surface area contributed by atoms with E-state index in [1.807, 2.05) is 0 Å². The molecular formula is C12H19N5O. The molecule has 6 nitrogen and oxygen atoms in total. The Balaban J connectivity index is 2.23. The molecule has 98 valence electrons. The molecule has 0 aliphatic heterocycles. The molecule has 1 aromatic heterocycles. The maximum absolute atomic E-state index is 8.80. The number of nitrogens with two attached hydrogens (primary N) is 1. The molecule has 3 N–H and O–H groups in total. The first kappa shape index (κ1) is 12.6. The molecule has 1 aromatic rings. The minimum absolute atomic E-state index is 0.0759. The molecule has 1 fully saturated rings. The predicted octanol–water partition coefficient (Wildman–Crippen LogP) is 1.20. The van der Waals surface area contributed by atoms with Gasteiger partial charge in [-0.2, -0.15) is 5.10 Å². The van der Waals surface area contributed by atoms with Gasteiger partial charge in [0.15, 0.2) is 11.7 Å². The van der Waals surface area contributed by atoms with Gasteiger partial charge in [-0.3, -0.25) is 0 Å². The maximum Gasteiger partial charge on any atom is 0.173 e. The Morgan fingerprint density at radius 3 is 2.94 bits per heavy atom. The fourth-order valence-corrected chi connectivity index (χ4v) is 2.16. The van der Waals surface area contributed by atoms with Gasteiger partial charge in [-0.1, -0.05) is 11.6 Å². The van der Waals surface area contributed by atoms with Crippen molar-refractivity contribution < 1.29 is 5.21 Å². The van der Waals surface area contributed by atoms with Crippen molar-refractivity contribution in [2.45, 2.75) is 26.2 Å². The molecule has 1 aliphatic rings. The molecule has 1 aliphatic carbocycles. The average molecular weight is 249 g/mol. The van der Waals surface area contributed by atoms with Crippen LogP contribution >= 0.6 is 0 Å². The minimum atomic E-state index is 0.0759. The molecule has 6 heteroatoms. The summed E-state index contributed by atoms with van der Waals surface area (Å²) in [6.45, 7) is 3.87. The third-order valence-corrected chi connectivity index (χ3v) is 3.47. The first-order chi connectivity index (χ1) is 8.76. The van der Waals surface area contributed by atoms with Crippen LogP contribution in [0.2, 0.25) is 0 Å². The predicted molar refractivity (Wildman–Crippen MR) is 69.8 cm³/mol. The number of hydrogen-bond donors (Lipinski definition) is 2. The second-order valence-electron chi connectivity index (χ2n) is 4.59. The molecule has 0 bridgehead atoms. The number of aromatic nitrogens is 2. The zero-order valence-electron chi connectivity index (χ0n) is 10.6. The second kappa shape index (κ2) is 5.66. The number of oxime groups is 1. The van der Waals surface area contributed by atoms with E-state index >= 15 is 0 Å². The normalized spacial score (nSPS) is 16.4. The lowest BCUT2D eigenvalue weighted by Crippen LogP contribution is -2.34. The van der Waals surface area contributed by atoms with E-state index in [1.54, 1.807) is 12.3 Å². The van der Waals surface area contributed by atoms with Gasteiger partial charge < -0.3 is 15.8 Å². The average Bonchev–Trinajstić information content (AvgIpc) is 2.37. The molecule has 0 spiro atoms. The minimum Gasteiger partial charge on any atom is -0.409 e. The van der Waals surface area contributed by atoms with Gasteiger partial charge in [0.05, 0.1) is 11.8 Å². The van der Waals surface area contributed by atoms with Crippen LogP contribution in [-0.2, 0) is 0 Å². The van der Waals surface area contributed by atoms with Crippen LogP contribution < -0.4 is 10.6 Å². The smallest absolute Gasteiger partial charge is 0.173 e. The van der Waals surface area contributed by atoms with Crippen molar-refractivity contribution >= 4 is 11.7 Å². The first-order valence-electron chi connectivity index (χ1n) is 6.30. The van der Waals surface area contributed by atoms with E-state index in [4.69, 9.17) is 10.9 Å². The zero-order valence-corrected chi connectivity index (χ0v) is 10.6. The summed E-state index contributed by atoms with van der Waals surface area (Å²) in [5.41, 5.74) is 6.30. The van der Waals surface area contributed by atoms with Gasteiger partial charge in [0.1, 0.15) is 0 Å². The van der Waals surface area contributed by atoms with Crippen molar-refractivity contribution in [3.8, 4) is 0 Å². The third kappa shape index (κ3) is 2.52. The van der Waals surface area contributed by atoms with Gasteiger partial charge in [-0.05, 0) is 31.7 Å². The van der Waals surface area contributed by atoms with Gasteiger partial charge in [0.2, 0.25) is 0 Å². The van der Waals surface area contributed by atoms with E-state index in [1.165, 1.54) is 19.3 Å². The second-order valence-corrected chi connectivity index (χ2v) is 4.59. The Labute approximate surface area is 106 Å². The Bertz CT molecular complexity index is 430. The van der Waals surface area contributed by atoms with Crippen LogP contribution in [0.5, 0.6) is 0 Å². The quantitative estimate of drug-likeness (QED) is 0.354. The Hall–Kier alpha value is -1.85. The summed E-state index contributed by atoms with van der Waals surface area (Å²) in [7, 11) is 0. The Morgan fingerprint density at radius 2 is 2.39 bits per heavy atom. The van der Waals surface area contributed by atoms with Gasteiger partial charge in [0.25, 0.3) is 0 Å². The molecule has 1 saturated carbocycles. The molecule has 0 saturated heterocycles. The Morgan fingerprint density at radius 1 is 1.61 bits per heavy atom. The highest BCUT2D eigenvalue weighted by molar-refractivity contribution is 6.01. The SMILES string of the molecule is CCN(CC1CCC1)c1nnccc1/C(N)=N/O. The topological polar surface area (TPSA) is 87.6 Å². The summed E-state index contributed by atoms with van der Waals surface area (Å²) in [5, 5.41) is 19.9. The van der Waals surface area contributed by atoms with Gasteiger partial charge in [-0.25, -0.2) is 0 Å². The van der Waals surface area contributed by atoms with E-state index in [0.717, 1.165) is 19.0 Å². The number of rotatable bonds is 5. The monoisotopic (exact) mass is 249 g/mol. The summed E-state index contributed by atoms with van der Waals surface area (Å²) < 4.78 is 0. The number of hydrogen-bond acceptors (Lipinski definition) is 5. The highest BCUT2D eigenvalue weighted by Crippen LogP contribution is 2.29. The summed E-state index contributed by atoms with van der Waals surface area (Å²) in [4.78, 5) is 2.14. The molecule has 0 amide bonds. The van der Waals surface area contributed by atoms with E-state index in [-0.39, 0.29) is 5.84 Å². The molecule has 18 heavy (non-hydrogen) atoms. The summed E-state index contributed by atoms with van der Waals surface area (Å²) in [6.07, 6.45) is 5.41. The van der Waals surface area contributed by atoms with Crippen LogP contribution in [0, 0.1) is 5.92 Å². The maximum atomic E-state index is 8.80. The molecule has 0 radical (unpaired) electrons. The van der Waals surface area contributed by atoms with E-state index in [9.17, 15) is 0 Å². The summed E-state index contributed by atoms with van der Waals surface area (Å²) in [5.74, 6) is 1.50. The van der Waals surface area contributed by atoms with Gasteiger partial charge >= 0.3 is 0 Å². The van der Waals surface area contributed by atoms with Crippen molar-refractivity contribution in [2.24, 2.45) is 16.8 Å². The van der Waals surface area contributed by atoms with E-state index < -0.39 is 0 Å². The van der Waals surface area contributed by atoms with Crippen LogP contribution in [0.25, 0.3) is 0 Å².